The van der Waals surface area contributed by atoms with Crippen LogP contribution in [0.15, 0.2) is 24.3 Å². The molecule has 4 heteroatoms. The van der Waals surface area contributed by atoms with Crippen LogP contribution < -0.4 is 5.73 Å². The van der Waals surface area contributed by atoms with E-state index in [1.807, 2.05) is 50.1 Å². The van der Waals surface area contributed by atoms with Gasteiger partial charge in [-0.25, -0.2) is 0 Å². The highest BCUT2D eigenvalue weighted by Gasteiger charge is 2.25. The number of nitrogens with zero attached hydrogens (tertiary/aromatic N) is 1. The predicted octanol–water partition coefficient (Wildman–Crippen LogP) is 1.85. The van der Waals surface area contributed by atoms with Gasteiger partial charge in [0.25, 0.3) is 0 Å². The Kier molecular flexibility index (Phi) is 5.16. The fourth-order valence-electron chi connectivity index (χ4n) is 2.11. The average molecular weight is 250 g/mol. The first-order valence-electron chi connectivity index (χ1n) is 6.19. The van der Waals surface area contributed by atoms with Gasteiger partial charge in [0.1, 0.15) is 6.04 Å². The smallest absolute Gasteiger partial charge is 0.321 e. The fraction of sp³-hybridized carbons (Fsp3) is 0.500. The lowest BCUT2D eigenvalue weighted by atomic mass is 10.0. The Labute approximate surface area is 108 Å². The summed E-state index contributed by atoms with van der Waals surface area (Å²) in [5.74, 6) is -0.663. The molecule has 0 aromatic heterocycles. The van der Waals surface area contributed by atoms with Crippen LogP contribution in [0.3, 0.4) is 0 Å². The molecule has 0 saturated carbocycles. The highest BCUT2D eigenvalue weighted by atomic mass is 16.4. The SMILES string of the molecule is CC(C)[C@@H](C(=O)O)N(C)CCc1ccc(N)cc1. The van der Waals surface area contributed by atoms with Gasteiger partial charge in [0.05, 0.1) is 0 Å². The number of aliphatic carboxylic acids is 1. The first-order valence-corrected chi connectivity index (χ1v) is 6.19. The molecule has 4 nitrogen and oxygen atoms in total. The van der Waals surface area contributed by atoms with E-state index in [1.165, 1.54) is 5.56 Å². The van der Waals surface area contributed by atoms with Gasteiger partial charge in [-0.3, -0.25) is 9.69 Å². The van der Waals surface area contributed by atoms with Crippen LogP contribution in [0, 0.1) is 5.92 Å². The summed E-state index contributed by atoms with van der Waals surface area (Å²) >= 11 is 0. The second-order valence-electron chi connectivity index (χ2n) is 5.00. The quantitative estimate of drug-likeness (QED) is 0.756. The Balaban J connectivity index is 2.56. The number of carboxylic acids is 1. The maximum Gasteiger partial charge on any atom is 0.321 e. The van der Waals surface area contributed by atoms with Crippen molar-refractivity contribution in [1.29, 1.82) is 0 Å². The van der Waals surface area contributed by atoms with Crippen molar-refractivity contribution in [2.45, 2.75) is 26.3 Å². The van der Waals surface area contributed by atoms with Crippen LogP contribution >= 0.6 is 0 Å². The molecule has 1 rings (SSSR count). The molecular formula is C14H22N2O2. The molecule has 0 heterocycles. The summed E-state index contributed by atoms with van der Waals surface area (Å²) in [5.41, 5.74) is 7.54. The summed E-state index contributed by atoms with van der Waals surface area (Å²) in [6.07, 6.45) is 0.827. The van der Waals surface area contributed by atoms with Crippen molar-refractivity contribution in [2.24, 2.45) is 5.92 Å². The molecule has 1 aromatic rings. The average Bonchev–Trinajstić information content (AvgIpc) is 2.27. The normalized spacial score (nSPS) is 12.9. The molecule has 0 amide bonds. The van der Waals surface area contributed by atoms with Crippen LogP contribution in [-0.4, -0.2) is 35.6 Å². The second-order valence-corrected chi connectivity index (χ2v) is 5.00. The lowest BCUT2D eigenvalue weighted by Crippen LogP contribution is -2.43. The maximum atomic E-state index is 11.2. The van der Waals surface area contributed by atoms with Crippen LogP contribution in [0.2, 0.25) is 0 Å². The van der Waals surface area contributed by atoms with Gasteiger partial charge in [-0.15, -0.1) is 0 Å². The molecule has 0 unspecified atom stereocenters. The molecule has 0 aliphatic rings. The van der Waals surface area contributed by atoms with E-state index in [0.29, 0.717) is 0 Å². The Morgan fingerprint density at radius 3 is 2.33 bits per heavy atom. The summed E-state index contributed by atoms with van der Waals surface area (Å²) in [7, 11) is 1.86. The predicted molar refractivity (Wildman–Crippen MR) is 73.5 cm³/mol. The van der Waals surface area contributed by atoms with E-state index in [9.17, 15) is 9.90 Å². The van der Waals surface area contributed by atoms with E-state index in [-0.39, 0.29) is 5.92 Å². The van der Waals surface area contributed by atoms with Gasteiger partial charge in [0, 0.05) is 12.2 Å². The van der Waals surface area contributed by atoms with Crippen LogP contribution in [0.25, 0.3) is 0 Å². The van der Waals surface area contributed by atoms with Gasteiger partial charge >= 0.3 is 5.97 Å². The summed E-state index contributed by atoms with van der Waals surface area (Å²) in [6.45, 7) is 4.58. The Hall–Kier alpha value is -1.55. The highest BCUT2D eigenvalue weighted by Crippen LogP contribution is 2.11. The van der Waals surface area contributed by atoms with Crippen molar-refractivity contribution < 1.29 is 9.90 Å². The maximum absolute atomic E-state index is 11.2. The van der Waals surface area contributed by atoms with Crippen molar-refractivity contribution in [1.82, 2.24) is 4.90 Å². The molecule has 0 aliphatic heterocycles. The van der Waals surface area contributed by atoms with Gasteiger partial charge in [0.15, 0.2) is 0 Å². The van der Waals surface area contributed by atoms with Crippen molar-refractivity contribution >= 4 is 11.7 Å². The van der Waals surface area contributed by atoms with Gasteiger partial charge in [-0.2, -0.15) is 0 Å². The summed E-state index contributed by atoms with van der Waals surface area (Å²) in [6, 6.07) is 7.26. The van der Waals surface area contributed by atoms with Gasteiger partial charge in [-0.1, -0.05) is 26.0 Å². The van der Waals surface area contributed by atoms with Crippen LogP contribution in [0.1, 0.15) is 19.4 Å². The lowest BCUT2D eigenvalue weighted by Gasteiger charge is -2.27. The standard InChI is InChI=1S/C14H22N2O2/c1-10(2)13(14(17)18)16(3)9-8-11-4-6-12(15)7-5-11/h4-7,10,13H,8-9,15H2,1-3H3,(H,17,18)/t13-/m0/s1. The molecular weight excluding hydrogens is 228 g/mol. The third kappa shape index (κ3) is 4.04. The van der Waals surface area contributed by atoms with Crippen molar-refractivity contribution in [3.8, 4) is 0 Å². The topological polar surface area (TPSA) is 66.6 Å². The summed E-state index contributed by atoms with van der Waals surface area (Å²) < 4.78 is 0. The molecule has 18 heavy (non-hydrogen) atoms. The third-order valence-corrected chi connectivity index (χ3v) is 3.09. The molecule has 0 saturated heterocycles. The van der Waals surface area contributed by atoms with E-state index < -0.39 is 12.0 Å². The minimum absolute atomic E-state index is 0.0962. The summed E-state index contributed by atoms with van der Waals surface area (Å²) in [4.78, 5) is 13.1. The monoisotopic (exact) mass is 250 g/mol. The zero-order valence-corrected chi connectivity index (χ0v) is 11.3. The number of carbonyl (C=O) groups is 1. The van der Waals surface area contributed by atoms with Crippen molar-refractivity contribution in [3.63, 3.8) is 0 Å². The minimum Gasteiger partial charge on any atom is -0.480 e. The second kappa shape index (κ2) is 6.40. The molecule has 100 valence electrons. The van der Waals surface area contributed by atoms with E-state index in [1.54, 1.807) is 0 Å². The molecule has 0 spiro atoms. The number of nitrogen functional groups attached to an aromatic ring is 1. The molecule has 0 fully saturated rings. The number of benzene rings is 1. The highest BCUT2D eigenvalue weighted by molar-refractivity contribution is 5.73. The number of nitrogens with two attached hydrogens (primary N) is 1. The first kappa shape index (κ1) is 14.5. The van der Waals surface area contributed by atoms with E-state index in [0.717, 1.165) is 18.7 Å². The zero-order valence-electron chi connectivity index (χ0n) is 11.3. The Morgan fingerprint density at radius 1 is 1.33 bits per heavy atom. The minimum atomic E-state index is -0.759. The molecule has 0 radical (unpaired) electrons. The first-order chi connectivity index (χ1) is 8.41. The van der Waals surface area contributed by atoms with Crippen LogP contribution in [0.5, 0.6) is 0 Å². The van der Waals surface area contributed by atoms with Gasteiger partial charge < -0.3 is 10.8 Å². The Morgan fingerprint density at radius 2 is 1.89 bits per heavy atom. The van der Waals surface area contributed by atoms with Gasteiger partial charge in [-0.05, 0) is 37.1 Å². The van der Waals surface area contributed by atoms with Crippen molar-refractivity contribution in [2.75, 3.05) is 19.3 Å². The van der Waals surface area contributed by atoms with E-state index in [2.05, 4.69) is 0 Å². The fourth-order valence-corrected chi connectivity index (χ4v) is 2.11. The molecule has 3 N–H and O–H groups in total. The van der Waals surface area contributed by atoms with Gasteiger partial charge in [0.2, 0.25) is 0 Å². The lowest BCUT2D eigenvalue weighted by molar-refractivity contribution is -0.144. The largest absolute Gasteiger partial charge is 0.480 e. The van der Waals surface area contributed by atoms with Crippen LogP contribution in [-0.2, 0) is 11.2 Å². The van der Waals surface area contributed by atoms with Crippen molar-refractivity contribution in [3.05, 3.63) is 29.8 Å². The molecule has 1 atom stereocenters. The number of anilines is 1. The van der Waals surface area contributed by atoms with Crippen LogP contribution in [0.4, 0.5) is 5.69 Å². The molecule has 1 aromatic carbocycles. The zero-order chi connectivity index (χ0) is 13.7. The van der Waals surface area contributed by atoms with E-state index in [4.69, 9.17) is 5.73 Å². The Bertz CT molecular complexity index is 387. The summed E-state index contributed by atoms with van der Waals surface area (Å²) in [5, 5.41) is 9.19. The number of carboxylic acid groups (broad SMARTS) is 1. The number of rotatable bonds is 6. The number of likely N-dealkylation sites (N-methyl/N-ethyl adjacent to an activating group) is 1. The molecule has 0 bridgehead atoms. The molecule has 0 aliphatic carbocycles. The number of hydrogen-bond donors (Lipinski definition) is 2. The number of hydrogen-bond acceptors (Lipinski definition) is 3. The third-order valence-electron chi connectivity index (χ3n) is 3.09. The van der Waals surface area contributed by atoms with E-state index >= 15 is 0 Å².